The van der Waals surface area contributed by atoms with Crippen molar-refractivity contribution in [2.75, 3.05) is 0 Å². The molecule has 0 spiro atoms. The largest absolute Gasteiger partial charge is 0.309 e. The third kappa shape index (κ3) is 5.01. The van der Waals surface area contributed by atoms with Gasteiger partial charge < -0.3 is 4.57 Å². The van der Waals surface area contributed by atoms with Crippen LogP contribution in [0.4, 0.5) is 0 Å². The van der Waals surface area contributed by atoms with Crippen molar-refractivity contribution in [3.8, 4) is 51.0 Å². The summed E-state index contributed by atoms with van der Waals surface area (Å²) < 4.78 is 7.41. The molecule has 0 aliphatic heterocycles. The minimum absolute atomic E-state index is 0.660. The summed E-state index contributed by atoms with van der Waals surface area (Å²) in [4.78, 5) is 15.2. The van der Waals surface area contributed by atoms with Gasteiger partial charge in [-0.25, -0.2) is 15.0 Å². The van der Waals surface area contributed by atoms with E-state index in [1.165, 1.54) is 74.3 Å². The third-order valence-electron chi connectivity index (χ3n) is 11.1. The third-order valence-corrected chi connectivity index (χ3v) is 13.4. The zero-order valence-electron chi connectivity index (χ0n) is 30.4. The minimum Gasteiger partial charge on any atom is -0.309 e. The maximum Gasteiger partial charge on any atom is 0.165 e. The van der Waals surface area contributed by atoms with Gasteiger partial charge in [0.15, 0.2) is 17.5 Å². The van der Waals surface area contributed by atoms with E-state index in [0.29, 0.717) is 17.5 Å². The van der Waals surface area contributed by atoms with E-state index in [9.17, 15) is 0 Å². The van der Waals surface area contributed by atoms with Gasteiger partial charge in [0.1, 0.15) is 0 Å². The molecule has 12 aromatic rings. The number of benzene rings is 8. The monoisotopic (exact) mass is 762 g/mol. The molecular weight excluding hydrogens is 733 g/mol. The molecule has 0 radical (unpaired) electrons. The zero-order valence-corrected chi connectivity index (χ0v) is 32.1. The van der Waals surface area contributed by atoms with Crippen LogP contribution in [0, 0.1) is 0 Å². The number of rotatable bonds is 5. The van der Waals surface area contributed by atoms with E-state index in [2.05, 4.69) is 150 Å². The zero-order chi connectivity index (χ0) is 37.5. The smallest absolute Gasteiger partial charge is 0.165 e. The first-order valence-electron chi connectivity index (χ1n) is 19.0. The van der Waals surface area contributed by atoms with Crippen LogP contribution in [-0.2, 0) is 0 Å². The van der Waals surface area contributed by atoms with Crippen molar-refractivity contribution in [1.82, 2.24) is 19.5 Å². The second-order valence-corrected chi connectivity index (χ2v) is 16.4. The molecule has 8 aromatic carbocycles. The molecule has 6 heteroatoms. The van der Waals surface area contributed by atoms with Crippen LogP contribution < -0.4 is 0 Å². The van der Waals surface area contributed by atoms with Crippen LogP contribution in [0.2, 0.25) is 0 Å². The van der Waals surface area contributed by atoms with Crippen molar-refractivity contribution in [2.24, 2.45) is 0 Å². The van der Waals surface area contributed by atoms with Crippen LogP contribution in [0.1, 0.15) is 0 Å². The molecule has 0 saturated heterocycles. The highest BCUT2D eigenvalue weighted by Gasteiger charge is 2.22. The van der Waals surface area contributed by atoms with E-state index < -0.39 is 0 Å². The summed E-state index contributed by atoms with van der Waals surface area (Å²) in [6, 6.07) is 64.8. The maximum atomic E-state index is 5.13. The van der Waals surface area contributed by atoms with Gasteiger partial charge in [0, 0.05) is 67.8 Å². The molecule has 0 N–H and O–H groups in total. The Morgan fingerprint density at radius 1 is 0.333 bits per heavy atom. The summed E-state index contributed by atoms with van der Waals surface area (Å²) in [5.74, 6) is 1.99. The Labute approximate surface area is 335 Å². The lowest BCUT2D eigenvalue weighted by atomic mass is 9.94. The van der Waals surface area contributed by atoms with Gasteiger partial charge in [0.2, 0.25) is 0 Å². The lowest BCUT2D eigenvalue weighted by Crippen LogP contribution is -2.00. The first-order valence-corrected chi connectivity index (χ1v) is 20.7. The molecule has 0 atom stereocenters. The summed E-state index contributed by atoms with van der Waals surface area (Å²) in [5.41, 5.74) is 9.01. The molecule has 4 aromatic heterocycles. The molecule has 0 aliphatic carbocycles. The van der Waals surface area contributed by atoms with Crippen molar-refractivity contribution in [1.29, 1.82) is 0 Å². The molecule has 4 nitrogen and oxygen atoms in total. The predicted molar refractivity (Wildman–Crippen MR) is 242 cm³/mol. The highest BCUT2D eigenvalue weighted by atomic mass is 32.1. The van der Waals surface area contributed by atoms with Crippen molar-refractivity contribution in [3.05, 3.63) is 182 Å². The Morgan fingerprint density at radius 3 is 1.46 bits per heavy atom. The summed E-state index contributed by atoms with van der Waals surface area (Å²) in [5, 5.41) is 7.55. The Kier molecular flexibility index (Phi) is 7.24. The fraction of sp³-hybridized carbons (Fsp3) is 0. The van der Waals surface area contributed by atoms with Gasteiger partial charge in [0.05, 0.1) is 16.7 Å². The van der Waals surface area contributed by atoms with E-state index in [4.69, 9.17) is 15.0 Å². The summed E-state index contributed by atoms with van der Waals surface area (Å²) >= 11 is 3.68. The van der Waals surface area contributed by atoms with Crippen LogP contribution in [0.15, 0.2) is 182 Å². The van der Waals surface area contributed by atoms with Crippen molar-refractivity contribution >= 4 is 84.8 Å². The van der Waals surface area contributed by atoms with E-state index in [-0.39, 0.29) is 0 Å². The first-order chi connectivity index (χ1) is 28.3. The number of nitrogens with zero attached hydrogens (tertiary/aromatic N) is 4. The molecule has 0 unspecified atom stereocenters. The number of aromatic nitrogens is 4. The minimum atomic E-state index is 0.660. The molecule has 0 fully saturated rings. The Morgan fingerprint density at radius 2 is 0.807 bits per heavy atom. The maximum absolute atomic E-state index is 5.13. The number of hydrogen-bond donors (Lipinski definition) is 0. The van der Waals surface area contributed by atoms with Gasteiger partial charge in [0.25, 0.3) is 0 Å². The number of para-hydroxylation sites is 2. The lowest BCUT2D eigenvalue weighted by Gasteiger charge is -2.12. The SMILES string of the molecule is c1ccc(-c2nc(-c3ccccc3)nc(-c3cccc4c3sc3cccc(-c5cccc6sc7cccc(-n8c9ccccc9c9ccccc98)c7c56)c34)n2)cc1. The molecule has 0 bridgehead atoms. The fourth-order valence-electron chi connectivity index (χ4n) is 8.62. The molecule has 12 rings (SSSR count). The molecule has 0 saturated carbocycles. The summed E-state index contributed by atoms with van der Waals surface area (Å²) in [7, 11) is 0. The molecule has 0 aliphatic rings. The van der Waals surface area contributed by atoms with Crippen molar-refractivity contribution < 1.29 is 0 Å². The van der Waals surface area contributed by atoms with Crippen molar-refractivity contribution in [2.45, 2.75) is 0 Å². The van der Waals surface area contributed by atoms with Crippen molar-refractivity contribution in [3.63, 3.8) is 0 Å². The first kappa shape index (κ1) is 32.3. The van der Waals surface area contributed by atoms with Crippen LogP contribution in [0.5, 0.6) is 0 Å². The number of hydrogen-bond acceptors (Lipinski definition) is 5. The topological polar surface area (TPSA) is 43.6 Å². The summed E-state index contributed by atoms with van der Waals surface area (Å²) in [6.07, 6.45) is 0. The predicted octanol–water partition coefficient (Wildman–Crippen LogP) is 14.4. The molecule has 4 heterocycles. The second-order valence-electron chi connectivity index (χ2n) is 14.3. The number of fused-ring (bicyclic) bond motifs is 9. The van der Waals surface area contributed by atoms with Gasteiger partial charge >= 0.3 is 0 Å². The van der Waals surface area contributed by atoms with Crippen LogP contribution in [0.3, 0.4) is 0 Å². The quantitative estimate of drug-likeness (QED) is 0.175. The van der Waals surface area contributed by atoms with E-state index in [0.717, 1.165) is 21.4 Å². The average molecular weight is 763 g/mol. The standard InChI is InChI=1S/C51H30N4S2/c1-3-15-31(16-4-1)49-52-50(32-17-5-2-6-18-32)54-51(53-49)38-24-11-23-37-45-35(21-12-28-42(45)57-48(37)38)36-22-13-29-43-46(36)47-41(27-14-30-44(47)56-43)55-39-25-9-7-19-33(39)34-20-8-10-26-40(34)55/h1-30H. The normalized spacial score (nSPS) is 11.9. The van der Waals surface area contributed by atoms with E-state index in [1.807, 2.05) is 59.1 Å². The van der Waals surface area contributed by atoms with Crippen LogP contribution in [-0.4, -0.2) is 19.5 Å². The van der Waals surface area contributed by atoms with Gasteiger partial charge in [-0.05, 0) is 53.6 Å². The average Bonchev–Trinajstić information content (AvgIpc) is 3.97. The summed E-state index contributed by atoms with van der Waals surface area (Å²) in [6.45, 7) is 0. The Hall–Kier alpha value is -6.99. The van der Waals surface area contributed by atoms with Gasteiger partial charge in [-0.15, -0.1) is 22.7 Å². The van der Waals surface area contributed by atoms with Gasteiger partial charge in [-0.2, -0.15) is 0 Å². The molecule has 0 amide bonds. The highest BCUT2D eigenvalue weighted by molar-refractivity contribution is 7.26. The number of thiophene rings is 2. The van der Waals surface area contributed by atoms with E-state index in [1.54, 1.807) is 0 Å². The van der Waals surface area contributed by atoms with Gasteiger partial charge in [-0.1, -0.05) is 140 Å². The fourth-order valence-corrected chi connectivity index (χ4v) is 11.0. The Bertz CT molecular complexity index is 3410. The Balaban J connectivity index is 1.11. The molecule has 57 heavy (non-hydrogen) atoms. The van der Waals surface area contributed by atoms with E-state index >= 15 is 0 Å². The van der Waals surface area contributed by atoms with Gasteiger partial charge in [-0.3, -0.25) is 0 Å². The molecular formula is C51H30N4S2. The van der Waals surface area contributed by atoms with Crippen LogP contribution in [0.25, 0.3) is 113 Å². The lowest BCUT2D eigenvalue weighted by molar-refractivity contribution is 1.08. The highest BCUT2D eigenvalue weighted by Crippen LogP contribution is 2.48. The van der Waals surface area contributed by atoms with Crippen LogP contribution >= 0.6 is 22.7 Å². The molecule has 266 valence electrons. The second kappa shape index (κ2) is 12.8.